The highest BCUT2D eigenvalue weighted by molar-refractivity contribution is 9.11. The Balaban J connectivity index is 2.45. The lowest BCUT2D eigenvalue weighted by Crippen LogP contribution is -1.78. The van der Waals surface area contributed by atoms with Gasteiger partial charge in [0.1, 0.15) is 0 Å². The van der Waals surface area contributed by atoms with Crippen molar-refractivity contribution >= 4 is 58.9 Å². The number of halogens is 1. The molecule has 0 amide bonds. The largest absolute Gasteiger partial charge is 0.128 e. The molecule has 0 bridgehead atoms. The van der Waals surface area contributed by atoms with Gasteiger partial charge in [0.05, 0.1) is 3.79 Å². The molecule has 0 aliphatic rings. The number of fused-ring (bicyclic) bond motifs is 6. The third-order valence-corrected chi connectivity index (χ3v) is 5.05. The second kappa shape index (κ2) is 3.81. The van der Waals surface area contributed by atoms with Crippen LogP contribution >= 0.6 is 27.3 Å². The van der Waals surface area contributed by atoms with E-state index >= 15 is 0 Å². The van der Waals surface area contributed by atoms with Crippen LogP contribution in [0, 0.1) is 0 Å². The van der Waals surface area contributed by atoms with Crippen molar-refractivity contribution in [3.8, 4) is 0 Å². The predicted molar refractivity (Wildman–Crippen MR) is 84.5 cm³/mol. The molecule has 0 nitrogen and oxygen atoms in total. The van der Waals surface area contributed by atoms with Crippen LogP contribution in [-0.4, -0.2) is 0 Å². The molecule has 86 valence electrons. The summed E-state index contributed by atoms with van der Waals surface area (Å²) in [4.78, 5) is 0. The Bertz CT molecular complexity index is 817. The van der Waals surface area contributed by atoms with E-state index in [4.69, 9.17) is 0 Å². The maximum atomic E-state index is 3.61. The predicted octanol–water partition coefficient (Wildman–Crippen LogP) is 5.97. The molecule has 1 aromatic heterocycles. The highest BCUT2D eigenvalue weighted by atomic mass is 79.9. The van der Waals surface area contributed by atoms with Crippen LogP contribution in [0.3, 0.4) is 0 Å². The van der Waals surface area contributed by atoms with Gasteiger partial charge in [-0.1, -0.05) is 48.5 Å². The van der Waals surface area contributed by atoms with Gasteiger partial charge in [0.25, 0.3) is 0 Å². The molecular formula is C16H9BrS. The second-order valence-corrected chi connectivity index (χ2v) is 6.82. The maximum Gasteiger partial charge on any atom is 0.0711 e. The molecule has 4 aromatic rings. The number of thiophene rings is 1. The van der Waals surface area contributed by atoms with Crippen molar-refractivity contribution in [3.63, 3.8) is 0 Å². The maximum absolute atomic E-state index is 3.61. The minimum absolute atomic E-state index is 1.19. The first-order chi connectivity index (χ1) is 8.84. The molecule has 0 saturated carbocycles. The SMILES string of the molecule is Brc1cc2c3ccccc3c3ccccc3c2s1. The molecule has 0 aliphatic carbocycles. The smallest absolute Gasteiger partial charge is 0.0711 e. The first kappa shape index (κ1) is 10.5. The molecule has 0 unspecified atom stereocenters. The third-order valence-electron chi connectivity index (χ3n) is 3.38. The van der Waals surface area contributed by atoms with Crippen LogP contribution in [0.25, 0.3) is 31.6 Å². The van der Waals surface area contributed by atoms with E-state index in [1.807, 2.05) is 11.3 Å². The van der Waals surface area contributed by atoms with Crippen molar-refractivity contribution < 1.29 is 0 Å². The van der Waals surface area contributed by atoms with E-state index in [1.54, 1.807) is 0 Å². The number of rotatable bonds is 0. The fourth-order valence-electron chi connectivity index (χ4n) is 2.63. The molecule has 0 fully saturated rings. The van der Waals surface area contributed by atoms with E-state index in [0.29, 0.717) is 0 Å². The number of hydrogen-bond donors (Lipinski definition) is 0. The highest BCUT2D eigenvalue weighted by Crippen LogP contribution is 2.40. The number of hydrogen-bond acceptors (Lipinski definition) is 1. The Hall–Kier alpha value is -1.38. The van der Waals surface area contributed by atoms with Gasteiger partial charge in [-0.3, -0.25) is 0 Å². The summed E-state index contributed by atoms with van der Waals surface area (Å²) in [5.41, 5.74) is 0. The Morgan fingerprint density at radius 1 is 0.667 bits per heavy atom. The normalized spacial score (nSPS) is 11.6. The van der Waals surface area contributed by atoms with Crippen molar-refractivity contribution in [3.05, 3.63) is 58.4 Å². The molecule has 0 atom stereocenters. The molecule has 3 aromatic carbocycles. The van der Waals surface area contributed by atoms with Gasteiger partial charge < -0.3 is 0 Å². The summed E-state index contributed by atoms with van der Waals surface area (Å²) in [6.45, 7) is 0. The zero-order chi connectivity index (χ0) is 12.1. The van der Waals surface area contributed by atoms with Crippen molar-refractivity contribution in [2.75, 3.05) is 0 Å². The van der Waals surface area contributed by atoms with Gasteiger partial charge >= 0.3 is 0 Å². The van der Waals surface area contributed by atoms with Crippen LogP contribution in [0.5, 0.6) is 0 Å². The molecular weight excluding hydrogens is 304 g/mol. The first-order valence-corrected chi connectivity index (χ1v) is 7.44. The number of benzene rings is 3. The van der Waals surface area contributed by atoms with E-state index < -0.39 is 0 Å². The Morgan fingerprint density at radius 3 is 1.83 bits per heavy atom. The molecule has 1 heterocycles. The molecule has 0 radical (unpaired) electrons. The van der Waals surface area contributed by atoms with Gasteiger partial charge in [0.15, 0.2) is 0 Å². The summed E-state index contributed by atoms with van der Waals surface area (Å²) in [7, 11) is 0. The Labute approximate surface area is 117 Å². The van der Waals surface area contributed by atoms with E-state index in [-0.39, 0.29) is 0 Å². The quantitative estimate of drug-likeness (QED) is 0.351. The van der Waals surface area contributed by atoms with Crippen molar-refractivity contribution in [2.24, 2.45) is 0 Å². The summed E-state index contributed by atoms with van der Waals surface area (Å²) in [5.74, 6) is 0. The molecule has 0 aliphatic heterocycles. The van der Waals surface area contributed by atoms with Gasteiger partial charge in [0, 0.05) is 15.5 Å². The zero-order valence-electron chi connectivity index (χ0n) is 9.48. The van der Waals surface area contributed by atoms with Crippen LogP contribution in [0.1, 0.15) is 0 Å². The fraction of sp³-hybridized carbons (Fsp3) is 0. The summed E-state index contributed by atoms with van der Waals surface area (Å²) in [5, 5.41) is 6.72. The van der Waals surface area contributed by atoms with E-state index in [2.05, 4.69) is 70.5 Å². The minimum atomic E-state index is 1.19. The van der Waals surface area contributed by atoms with Gasteiger partial charge in [-0.05, 0) is 38.2 Å². The van der Waals surface area contributed by atoms with Crippen molar-refractivity contribution in [2.45, 2.75) is 0 Å². The lowest BCUT2D eigenvalue weighted by atomic mass is 9.99. The van der Waals surface area contributed by atoms with E-state index in [0.717, 1.165) is 0 Å². The Morgan fingerprint density at radius 2 is 1.17 bits per heavy atom. The van der Waals surface area contributed by atoms with Crippen LogP contribution < -0.4 is 0 Å². The molecule has 4 rings (SSSR count). The molecule has 0 N–H and O–H groups in total. The lowest BCUT2D eigenvalue weighted by molar-refractivity contribution is 1.81. The average Bonchev–Trinajstić information content (AvgIpc) is 2.81. The lowest BCUT2D eigenvalue weighted by Gasteiger charge is -2.06. The summed E-state index contributed by atoms with van der Waals surface area (Å²) < 4.78 is 2.56. The van der Waals surface area contributed by atoms with Crippen LogP contribution in [0.4, 0.5) is 0 Å². The van der Waals surface area contributed by atoms with Crippen molar-refractivity contribution in [1.29, 1.82) is 0 Å². The standard InChI is InChI=1S/C16H9BrS/c17-15-9-14-12-7-2-1-5-10(12)11-6-3-4-8-13(11)16(14)18-15/h1-9H. The molecule has 0 spiro atoms. The highest BCUT2D eigenvalue weighted by Gasteiger charge is 2.10. The fourth-order valence-corrected chi connectivity index (χ4v) is 4.28. The van der Waals surface area contributed by atoms with Crippen LogP contribution in [0.15, 0.2) is 58.4 Å². The Kier molecular flexibility index (Phi) is 2.23. The molecule has 18 heavy (non-hydrogen) atoms. The monoisotopic (exact) mass is 312 g/mol. The topological polar surface area (TPSA) is 0 Å². The molecule has 2 heteroatoms. The first-order valence-electron chi connectivity index (χ1n) is 5.83. The van der Waals surface area contributed by atoms with Gasteiger partial charge in [-0.25, -0.2) is 0 Å². The van der Waals surface area contributed by atoms with E-state index in [1.165, 1.54) is 35.4 Å². The van der Waals surface area contributed by atoms with Gasteiger partial charge in [-0.15, -0.1) is 11.3 Å². The van der Waals surface area contributed by atoms with Crippen LogP contribution in [0.2, 0.25) is 0 Å². The van der Waals surface area contributed by atoms with Crippen LogP contribution in [-0.2, 0) is 0 Å². The molecule has 0 saturated heterocycles. The average molecular weight is 313 g/mol. The van der Waals surface area contributed by atoms with Gasteiger partial charge in [-0.2, -0.15) is 0 Å². The summed E-state index contributed by atoms with van der Waals surface area (Å²) in [6, 6.07) is 19.5. The summed E-state index contributed by atoms with van der Waals surface area (Å²) in [6.07, 6.45) is 0. The third kappa shape index (κ3) is 1.36. The van der Waals surface area contributed by atoms with Gasteiger partial charge in [0.2, 0.25) is 0 Å². The summed E-state index contributed by atoms with van der Waals surface area (Å²) >= 11 is 5.43. The second-order valence-electron chi connectivity index (χ2n) is 4.38. The minimum Gasteiger partial charge on any atom is -0.128 e. The van der Waals surface area contributed by atoms with E-state index in [9.17, 15) is 0 Å². The zero-order valence-corrected chi connectivity index (χ0v) is 11.9. The van der Waals surface area contributed by atoms with Crippen molar-refractivity contribution in [1.82, 2.24) is 0 Å².